The van der Waals surface area contributed by atoms with Crippen LogP contribution in [0.3, 0.4) is 0 Å². The van der Waals surface area contributed by atoms with Crippen molar-refractivity contribution in [3.63, 3.8) is 0 Å². The summed E-state index contributed by atoms with van der Waals surface area (Å²) in [6, 6.07) is 23.7. The molecular weight excluding hydrogens is 571 g/mol. The van der Waals surface area contributed by atoms with E-state index < -0.39 is 22.5 Å². The van der Waals surface area contributed by atoms with Crippen molar-refractivity contribution in [2.45, 2.75) is 4.90 Å². The molecule has 38 heavy (non-hydrogen) atoms. The van der Waals surface area contributed by atoms with Gasteiger partial charge in [-0.1, -0.05) is 65.1 Å². The molecule has 0 saturated carbocycles. The van der Waals surface area contributed by atoms with Gasteiger partial charge in [0.15, 0.2) is 17.2 Å². The zero-order chi connectivity index (χ0) is 27.3. The second-order valence-electron chi connectivity index (χ2n) is 7.86. The Morgan fingerprint density at radius 3 is 2.18 bits per heavy atom. The maximum Gasteiger partial charge on any atom is 0.264 e. The molecule has 7 nitrogen and oxygen atoms in total. The first-order chi connectivity index (χ1) is 18.2. The lowest BCUT2D eigenvalue weighted by molar-refractivity contribution is -0.114. The summed E-state index contributed by atoms with van der Waals surface area (Å²) in [4.78, 5) is 13.3. The summed E-state index contributed by atoms with van der Waals surface area (Å²) < 4.78 is 39.4. The standard InChI is InChI=1S/C27H21Cl3N2O5S/c1-36-25-9-5-6-10-26(25)37-24-14-11-18(28)15-23(24)31-27(33)17-32(19-12-13-21(29)22(30)16-19)38(34,35)20-7-3-2-4-8-20/h2-16H,17H2,1H3,(H,31,33). The smallest absolute Gasteiger partial charge is 0.264 e. The van der Waals surface area contributed by atoms with E-state index in [4.69, 9.17) is 44.3 Å². The Labute approximate surface area is 235 Å². The van der Waals surface area contributed by atoms with Crippen LogP contribution in [0.5, 0.6) is 17.2 Å². The van der Waals surface area contributed by atoms with Crippen LogP contribution >= 0.6 is 34.8 Å². The minimum absolute atomic E-state index is 0.00169. The first-order valence-electron chi connectivity index (χ1n) is 11.1. The van der Waals surface area contributed by atoms with Crippen LogP contribution in [0.15, 0.2) is 95.9 Å². The van der Waals surface area contributed by atoms with Gasteiger partial charge in [-0.25, -0.2) is 8.42 Å². The van der Waals surface area contributed by atoms with E-state index in [0.717, 1.165) is 4.31 Å². The molecule has 0 aliphatic rings. The van der Waals surface area contributed by atoms with Crippen LogP contribution in [0.2, 0.25) is 15.1 Å². The molecule has 1 N–H and O–H groups in total. The van der Waals surface area contributed by atoms with Crippen molar-refractivity contribution in [1.29, 1.82) is 0 Å². The molecular formula is C27H21Cl3N2O5S. The largest absolute Gasteiger partial charge is 0.493 e. The summed E-state index contributed by atoms with van der Waals surface area (Å²) in [6.07, 6.45) is 0. The molecule has 4 aromatic carbocycles. The number of hydrogen-bond donors (Lipinski definition) is 1. The number of benzene rings is 4. The third-order valence-electron chi connectivity index (χ3n) is 5.31. The van der Waals surface area contributed by atoms with E-state index in [1.165, 1.54) is 43.5 Å². The molecule has 4 rings (SSSR count). The number of carbonyl (C=O) groups excluding carboxylic acids is 1. The molecule has 0 unspecified atom stereocenters. The third-order valence-corrected chi connectivity index (χ3v) is 8.08. The number of ether oxygens (including phenoxy) is 2. The van der Waals surface area contributed by atoms with Crippen LogP contribution in [-0.4, -0.2) is 28.0 Å². The van der Waals surface area contributed by atoms with Gasteiger partial charge in [-0.3, -0.25) is 9.10 Å². The maximum absolute atomic E-state index is 13.6. The molecule has 0 aliphatic carbocycles. The van der Waals surface area contributed by atoms with Crippen molar-refractivity contribution in [1.82, 2.24) is 0 Å². The topological polar surface area (TPSA) is 84.9 Å². The van der Waals surface area contributed by atoms with Gasteiger partial charge < -0.3 is 14.8 Å². The highest BCUT2D eigenvalue weighted by Crippen LogP contribution is 2.37. The number of hydrogen-bond acceptors (Lipinski definition) is 5. The minimum Gasteiger partial charge on any atom is -0.493 e. The molecule has 0 bridgehead atoms. The Morgan fingerprint density at radius 1 is 0.816 bits per heavy atom. The van der Waals surface area contributed by atoms with Crippen LogP contribution in [0.1, 0.15) is 0 Å². The second-order valence-corrected chi connectivity index (χ2v) is 11.0. The van der Waals surface area contributed by atoms with Crippen molar-refractivity contribution < 1.29 is 22.7 Å². The first kappa shape index (κ1) is 27.6. The quantitative estimate of drug-likeness (QED) is 0.221. The number of rotatable bonds is 9. The fraction of sp³-hybridized carbons (Fsp3) is 0.0741. The number of carbonyl (C=O) groups is 1. The second kappa shape index (κ2) is 12.0. The van der Waals surface area contributed by atoms with Crippen LogP contribution in [0.25, 0.3) is 0 Å². The van der Waals surface area contributed by atoms with E-state index in [0.29, 0.717) is 16.5 Å². The van der Waals surface area contributed by atoms with E-state index in [9.17, 15) is 13.2 Å². The number of para-hydroxylation sites is 2. The highest BCUT2D eigenvalue weighted by molar-refractivity contribution is 7.92. The van der Waals surface area contributed by atoms with Gasteiger partial charge in [0.05, 0.1) is 33.4 Å². The Balaban J connectivity index is 1.66. The summed E-state index contributed by atoms with van der Waals surface area (Å²) in [7, 11) is -2.64. The third kappa shape index (κ3) is 6.34. The molecule has 0 aliphatic heterocycles. The minimum atomic E-state index is -4.15. The van der Waals surface area contributed by atoms with Gasteiger partial charge in [0.1, 0.15) is 6.54 Å². The average Bonchev–Trinajstić information content (AvgIpc) is 2.91. The van der Waals surface area contributed by atoms with Crippen LogP contribution in [0.4, 0.5) is 11.4 Å². The fourth-order valence-electron chi connectivity index (χ4n) is 3.51. The Bertz CT molecular complexity index is 1570. The number of sulfonamides is 1. The molecule has 0 heterocycles. The van der Waals surface area contributed by atoms with Crippen molar-refractivity contribution in [2.75, 3.05) is 23.3 Å². The number of nitrogens with zero attached hydrogens (tertiary/aromatic N) is 1. The monoisotopic (exact) mass is 590 g/mol. The molecule has 0 fully saturated rings. The highest BCUT2D eigenvalue weighted by Gasteiger charge is 2.28. The van der Waals surface area contributed by atoms with Gasteiger partial charge in [0, 0.05) is 5.02 Å². The van der Waals surface area contributed by atoms with E-state index >= 15 is 0 Å². The van der Waals surface area contributed by atoms with Crippen LogP contribution in [0, 0.1) is 0 Å². The van der Waals surface area contributed by atoms with Gasteiger partial charge in [-0.15, -0.1) is 0 Å². The fourth-order valence-corrected chi connectivity index (χ4v) is 5.40. The number of anilines is 2. The summed E-state index contributed by atoms with van der Waals surface area (Å²) in [5.74, 6) is 0.526. The maximum atomic E-state index is 13.6. The van der Waals surface area contributed by atoms with Gasteiger partial charge in [0.2, 0.25) is 5.91 Å². The molecule has 196 valence electrons. The Morgan fingerprint density at radius 2 is 1.50 bits per heavy atom. The normalized spacial score (nSPS) is 11.1. The van der Waals surface area contributed by atoms with Gasteiger partial charge in [-0.2, -0.15) is 0 Å². The summed E-state index contributed by atoms with van der Waals surface area (Å²) in [5, 5.41) is 3.43. The number of amides is 1. The van der Waals surface area contributed by atoms with E-state index in [1.807, 2.05) is 0 Å². The zero-order valence-corrected chi connectivity index (χ0v) is 23.0. The van der Waals surface area contributed by atoms with Crippen molar-refractivity contribution in [2.24, 2.45) is 0 Å². The first-order valence-corrected chi connectivity index (χ1v) is 13.7. The molecule has 0 atom stereocenters. The summed E-state index contributed by atoms with van der Waals surface area (Å²) in [5.41, 5.74) is 0.398. The molecule has 0 saturated heterocycles. The Kier molecular flexibility index (Phi) is 8.69. The van der Waals surface area contributed by atoms with Crippen LogP contribution in [-0.2, 0) is 14.8 Å². The lowest BCUT2D eigenvalue weighted by atomic mass is 10.2. The summed E-state index contributed by atoms with van der Waals surface area (Å²) >= 11 is 18.4. The average molecular weight is 592 g/mol. The molecule has 0 radical (unpaired) electrons. The highest BCUT2D eigenvalue weighted by atomic mass is 35.5. The lowest BCUT2D eigenvalue weighted by Crippen LogP contribution is -2.38. The molecule has 1 amide bonds. The summed E-state index contributed by atoms with van der Waals surface area (Å²) in [6.45, 7) is -0.574. The van der Waals surface area contributed by atoms with Crippen LogP contribution < -0.4 is 19.1 Å². The number of methoxy groups -OCH3 is 1. The van der Waals surface area contributed by atoms with Crippen molar-refractivity contribution in [3.05, 3.63) is 106 Å². The SMILES string of the molecule is COc1ccccc1Oc1ccc(Cl)cc1NC(=O)CN(c1ccc(Cl)c(Cl)c1)S(=O)(=O)c1ccccc1. The van der Waals surface area contributed by atoms with Crippen molar-refractivity contribution in [3.8, 4) is 17.2 Å². The van der Waals surface area contributed by atoms with Gasteiger partial charge >= 0.3 is 0 Å². The van der Waals surface area contributed by atoms with Gasteiger partial charge in [-0.05, 0) is 60.7 Å². The van der Waals surface area contributed by atoms with Crippen molar-refractivity contribution >= 4 is 62.1 Å². The van der Waals surface area contributed by atoms with E-state index in [1.54, 1.807) is 54.6 Å². The zero-order valence-electron chi connectivity index (χ0n) is 19.9. The molecule has 0 aromatic heterocycles. The Hall–Kier alpha value is -3.43. The number of halogens is 3. The molecule has 11 heteroatoms. The molecule has 0 spiro atoms. The lowest BCUT2D eigenvalue weighted by Gasteiger charge is -2.24. The predicted octanol–water partition coefficient (Wildman–Crippen LogP) is 7.28. The van der Waals surface area contributed by atoms with E-state index in [2.05, 4.69) is 5.32 Å². The molecule has 4 aromatic rings. The van der Waals surface area contributed by atoms with Gasteiger partial charge in [0.25, 0.3) is 10.0 Å². The van der Waals surface area contributed by atoms with E-state index in [-0.39, 0.29) is 32.1 Å². The number of nitrogens with one attached hydrogen (secondary N) is 1. The predicted molar refractivity (Wildman–Crippen MR) is 151 cm³/mol.